The van der Waals surface area contributed by atoms with Gasteiger partial charge in [0.25, 0.3) is 0 Å². The maximum atomic E-state index is 12.9. The van der Waals surface area contributed by atoms with Crippen molar-refractivity contribution in [3.05, 3.63) is 35.9 Å². The Kier molecular flexibility index (Phi) is 5.30. The van der Waals surface area contributed by atoms with Gasteiger partial charge in [-0.2, -0.15) is 0 Å². The van der Waals surface area contributed by atoms with Crippen LogP contribution in [-0.4, -0.2) is 30.1 Å². The molecule has 0 unspecified atom stereocenters. The SMILES string of the molecule is CC(=O)O[C@@H]1C[C@H]2C(=O)O[C@H](C)[C@H]2[C@@H](C(=O)OCc2ccccc2)[C@@H]1C. The average molecular weight is 360 g/mol. The van der Waals surface area contributed by atoms with Crippen LogP contribution in [0.4, 0.5) is 0 Å². The van der Waals surface area contributed by atoms with Gasteiger partial charge < -0.3 is 14.2 Å². The van der Waals surface area contributed by atoms with Crippen LogP contribution in [-0.2, 0) is 35.2 Å². The maximum Gasteiger partial charge on any atom is 0.310 e. The van der Waals surface area contributed by atoms with E-state index in [1.54, 1.807) is 6.92 Å². The second-order valence-electron chi connectivity index (χ2n) is 7.19. The van der Waals surface area contributed by atoms with Gasteiger partial charge in [0.15, 0.2) is 0 Å². The predicted octanol–water partition coefficient (Wildman–Crippen LogP) is 2.50. The normalized spacial score (nSPS) is 33.1. The Bertz CT molecular complexity index is 685. The van der Waals surface area contributed by atoms with Crippen molar-refractivity contribution in [1.82, 2.24) is 0 Å². The van der Waals surface area contributed by atoms with E-state index in [4.69, 9.17) is 14.2 Å². The molecule has 1 aliphatic heterocycles. The molecule has 1 aromatic carbocycles. The largest absolute Gasteiger partial charge is 0.462 e. The number of hydrogen-bond acceptors (Lipinski definition) is 6. The van der Waals surface area contributed by atoms with Gasteiger partial charge in [0.1, 0.15) is 18.8 Å². The van der Waals surface area contributed by atoms with Crippen LogP contribution in [0.1, 0.15) is 32.8 Å². The summed E-state index contributed by atoms with van der Waals surface area (Å²) in [5.74, 6) is -2.63. The third kappa shape index (κ3) is 3.59. The molecule has 2 aliphatic rings. The molecule has 0 spiro atoms. The van der Waals surface area contributed by atoms with E-state index in [1.807, 2.05) is 37.3 Å². The Morgan fingerprint density at radius 3 is 2.54 bits per heavy atom. The molecular weight excluding hydrogens is 336 g/mol. The molecular formula is C20H24O6. The van der Waals surface area contributed by atoms with Crippen molar-refractivity contribution >= 4 is 17.9 Å². The summed E-state index contributed by atoms with van der Waals surface area (Å²) in [5, 5.41) is 0. The van der Waals surface area contributed by atoms with Crippen LogP contribution in [0.25, 0.3) is 0 Å². The molecule has 6 heteroatoms. The summed E-state index contributed by atoms with van der Waals surface area (Å²) >= 11 is 0. The van der Waals surface area contributed by atoms with E-state index in [1.165, 1.54) is 6.92 Å². The van der Waals surface area contributed by atoms with E-state index in [9.17, 15) is 14.4 Å². The van der Waals surface area contributed by atoms with Gasteiger partial charge in [0, 0.05) is 18.8 Å². The van der Waals surface area contributed by atoms with Crippen molar-refractivity contribution in [2.75, 3.05) is 0 Å². The number of ether oxygens (including phenoxy) is 3. The highest BCUT2D eigenvalue weighted by atomic mass is 16.6. The zero-order chi connectivity index (χ0) is 18.8. The van der Waals surface area contributed by atoms with E-state index in [-0.39, 0.29) is 36.5 Å². The van der Waals surface area contributed by atoms with E-state index >= 15 is 0 Å². The van der Waals surface area contributed by atoms with Crippen LogP contribution < -0.4 is 0 Å². The Morgan fingerprint density at radius 2 is 1.88 bits per heavy atom. The number of hydrogen-bond donors (Lipinski definition) is 0. The van der Waals surface area contributed by atoms with Crippen LogP contribution in [0.2, 0.25) is 0 Å². The summed E-state index contributed by atoms with van der Waals surface area (Å²) in [5.41, 5.74) is 0.893. The first-order valence-corrected chi connectivity index (χ1v) is 8.96. The van der Waals surface area contributed by atoms with Crippen molar-refractivity contribution in [2.45, 2.75) is 46.0 Å². The number of carbonyl (C=O) groups excluding carboxylic acids is 3. The van der Waals surface area contributed by atoms with Crippen molar-refractivity contribution in [2.24, 2.45) is 23.7 Å². The highest BCUT2D eigenvalue weighted by Gasteiger charge is 2.57. The van der Waals surface area contributed by atoms with Crippen molar-refractivity contribution < 1.29 is 28.6 Å². The van der Waals surface area contributed by atoms with Crippen LogP contribution in [0, 0.1) is 23.7 Å². The third-order valence-corrected chi connectivity index (χ3v) is 5.48. The summed E-state index contributed by atoms with van der Waals surface area (Å²) in [6.07, 6.45) is -0.472. The zero-order valence-corrected chi connectivity index (χ0v) is 15.2. The molecule has 0 aromatic heterocycles. The molecule has 140 valence electrons. The fourth-order valence-electron chi connectivity index (χ4n) is 4.24. The lowest BCUT2D eigenvalue weighted by Crippen LogP contribution is -2.48. The first-order chi connectivity index (χ1) is 12.4. The minimum atomic E-state index is -0.553. The molecule has 1 aliphatic carbocycles. The van der Waals surface area contributed by atoms with E-state index < -0.39 is 23.9 Å². The minimum absolute atomic E-state index is 0.168. The summed E-state index contributed by atoms with van der Waals surface area (Å²) in [6, 6.07) is 9.42. The first kappa shape index (κ1) is 18.4. The first-order valence-electron chi connectivity index (χ1n) is 8.96. The second kappa shape index (κ2) is 7.48. The summed E-state index contributed by atoms with van der Waals surface area (Å²) in [4.78, 5) is 36.5. The van der Waals surface area contributed by atoms with Gasteiger partial charge in [0.2, 0.25) is 0 Å². The quantitative estimate of drug-likeness (QED) is 0.606. The third-order valence-electron chi connectivity index (χ3n) is 5.48. The van der Waals surface area contributed by atoms with Gasteiger partial charge >= 0.3 is 17.9 Å². The lowest BCUT2D eigenvalue weighted by molar-refractivity contribution is -0.170. The summed E-state index contributed by atoms with van der Waals surface area (Å²) in [6.45, 7) is 5.17. The lowest BCUT2D eigenvalue weighted by atomic mass is 9.65. The fourth-order valence-corrected chi connectivity index (χ4v) is 4.24. The molecule has 2 fully saturated rings. The summed E-state index contributed by atoms with van der Waals surface area (Å²) < 4.78 is 16.3. The van der Waals surface area contributed by atoms with Crippen LogP contribution in [0.15, 0.2) is 30.3 Å². The smallest absolute Gasteiger partial charge is 0.310 e. The lowest BCUT2D eigenvalue weighted by Gasteiger charge is -2.40. The van der Waals surface area contributed by atoms with Gasteiger partial charge in [-0.05, 0) is 18.9 Å². The highest BCUT2D eigenvalue weighted by Crippen LogP contribution is 2.47. The van der Waals surface area contributed by atoms with Gasteiger partial charge in [-0.25, -0.2) is 0 Å². The fraction of sp³-hybridized carbons (Fsp3) is 0.550. The standard InChI is InChI=1S/C20H24O6/c1-11-16(26-13(3)21)9-15-18(12(2)25-19(15)22)17(11)20(23)24-10-14-7-5-4-6-8-14/h4-8,11-12,15-18H,9-10H2,1-3H3/t11-,12-,15-,16-,17+,18-/m1/s1. The van der Waals surface area contributed by atoms with Crippen molar-refractivity contribution in [3.63, 3.8) is 0 Å². The molecule has 3 rings (SSSR count). The number of esters is 3. The number of rotatable bonds is 4. The Balaban J connectivity index is 1.79. The molecule has 0 bridgehead atoms. The number of cyclic esters (lactones) is 1. The molecule has 6 nitrogen and oxygen atoms in total. The van der Waals surface area contributed by atoms with Gasteiger partial charge in [0.05, 0.1) is 11.8 Å². The predicted molar refractivity (Wildman–Crippen MR) is 91.6 cm³/mol. The molecule has 0 amide bonds. The van der Waals surface area contributed by atoms with E-state index in [0.29, 0.717) is 6.42 Å². The number of benzene rings is 1. The molecule has 1 saturated carbocycles. The van der Waals surface area contributed by atoms with Crippen molar-refractivity contribution in [1.29, 1.82) is 0 Å². The average Bonchev–Trinajstić information content (AvgIpc) is 2.88. The van der Waals surface area contributed by atoms with Gasteiger partial charge in [-0.3, -0.25) is 14.4 Å². The summed E-state index contributed by atoms with van der Waals surface area (Å²) in [7, 11) is 0. The molecule has 6 atom stereocenters. The molecule has 0 radical (unpaired) electrons. The van der Waals surface area contributed by atoms with Crippen LogP contribution >= 0.6 is 0 Å². The monoisotopic (exact) mass is 360 g/mol. The molecule has 0 N–H and O–H groups in total. The van der Waals surface area contributed by atoms with Gasteiger partial charge in [-0.15, -0.1) is 0 Å². The van der Waals surface area contributed by atoms with Gasteiger partial charge in [-0.1, -0.05) is 37.3 Å². The Labute approximate surface area is 152 Å². The number of fused-ring (bicyclic) bond motifs is 1. The topological polar surface area (TPSA) is 78.9 Å². The van der Waals surface area contributed by atoms with E-state index in [0.717, 1.165) is 5.56 Å². The maximum absolute atomic E-state index is 12.9. The Morgan fingerprint density at radius 1 is 1.19 bits per heavy atom. The Hall–Kier alpha value is -2.37. The number of carbonyl (C=O) groups is 3. The highest BCUT2D eigenvalue weighted by molar-refractivity contribution is 5.80. The van der Waals surface area contributed by atoms with Crippen molar-refractivity contribution in [3.8, 4) is 0 Å². The molecule has 26 heavy (non-hydrogen) atoms. The second-order valence-corrected chi connectivity index (χ2v) is 7.19. The van der Waals surface area contributed by atoms with E-state index in [2.05, 4.69) is 0 Å². The van der Waals surface area contributed by atoms with Crippen LogP contribution in [0.3, 0.4) is 0 Å². The van der Waals surface area contributed by atoms with Crippen LogP contribution in [0.5, 0.6) is 0 Å². The molecule has 1 heterocycles. The molecule has 1 aromatic rings. The minimum Gasteiger partial charge on any atom is -0.462 e. The zero-order valence-electron chi connectivity index (χ0n) is 15.2. The molecule has 1 saturated heterocycles.